The van der Waals surface area contributed by atoms with Crippen LogP contribution < -0.4 is 5.73 Å². The molecule has 1 heterocycles. The number of alkyl halides is 2. The zero-order valence-corrected chi connectivity index (χ0v) is 11.5. The van der Waals surface area contributed by atoms with Crippen molar-refractivity contribution in [1.29, 1.82) is 0 Å². The highest BCUT2D eigenvalue weighted by molar-refractivity contribution is 5.53. The lowest BCUT2D eigenvalue weighted by molar-refractivity contribution is 0.145. The average molecular weight is 269 g/mol. The smallest absolute Gasteiger partial charge is 0.263 e. The summed E-state index contributed by atoms with van der Waals surface area (Å²) in [6.07, 6.45) is -2.46. The second kappa shape index (κ2) is 5.84. The van der Waals surface area contributed by atoms with E-state index in [9.17, 15) is 8.78 Å². The largest absolute Gasteiger partial charge is 0.398 e. The Hall–Kier alpha value is -1.20. The van der Waals surface area contributed by atoms with E-state index >= 15 is 0 Å². The predicted octanol–water partition coefficient (Wildman–Crippen LogP) is 2.26. The summed E-state index contributed by atoms with van der Waals surface area (Å²) < 4.78 is 25.6. The Balaban J connectivity index is 2.15. The third-order valence-corrected chi connectivity index (χ3v) is 3.82. The lowest BCUT2D eigenvalue weighted by Gasteiger charge is -2.32. The topological polar surface area (TPSA) is 32.5 Å². The summed E-state index contributed by atoms with van der Waals surface area (Å²) in [5.74, 6) is 0. The van der Waals surface area contributed by atoms with Crippen LogP contribution in [0.3, 0.4) is 0 Å². The van der Waals surface area contributed by atoms with Gasteiger partial charge >= 0.3 is 0 Å². The monoisotopic (exact) mass is 269 g/mol. The number of nitrogens with two attached hydrogens (primary N) is 1. The normalized spacial score (nSPS) is 18.2. The third-order valence-electron chi connectivity index (χ3n) is 3.82. The molecule has 106 valence electrons. The number of rotatable bonds is 3. The van der Waals surface area contributed by atoms with Crippen LogP contribution in [0.5, 0.6) is 0 Å². The van der Waals surface area contributed by atoms with Crippen molar-refractivity contribution in [2.24, 2.45) is 0 Å². The van der Waals surface area contributed by atoms with Gasteiger partial charge in [-0.25, -0.2) is 8.78 Å². The van der Waals surface area contributed by atoms with Crippen LogP contribution in [-0.2, 0) is 6.54 Å². The van der Waals surface area contributed by atoms with Crippen molar-refractivity contribution in [2.45, 2.75) is 19.9 Å². The minimum Gasteiger partial charge on any atom is -0.398 e. The molecule has 5 heteroatoms. The second-order valence-corrected chi connectivity index (χ2v) is 5.27. The van der Waals surface area contributed by atoms with Gasteiger partial charge < -0.3 is 10.6 Å². The highest BCUT2D eigenvalue weighted by Crippen LogP contribution is 2.27. The maximum absolute atomic E-state index is 12.8. The molecule has 0 radical (unpaired) electrons. The number of nitrogens with zero attached hydrogens (tertiary/aromatic N) is 2. The average Bonchev–Trinajstić information content (AvgIpc) is 2.37. The highest BCUT2D eigenvalue weighted by Gasteiger charge is 2.17. The molecule has 1 aliphatic heterocycles. The highest BCUT2D eigenvalue weighted by atomic mass is 19.3. The third kappa shape index (κ3) is 3.42. The molecule has 0 aliphatic carbocycles. The van der Waals surface area contributed by atoms with Crippen LogP contribution in [-0.4, -0.2) is 43.0 Å². The predicted molar refractivity (Wildman–Crippen MR) is 73.3 cm³/mol. The lowest BCUT2D eigenvalue weighted by atomic mass is 10.0. The van der Waals surface area contributed by atoms with E-state index in [0.29, 0.717) is 12.2 Å². The molecule has 1 aromatic carbocycles. The van der Waals surface area contributed by atoms with E-state index in [-0.39, 0.29) is 5.56 Å². The Labute approximate surface area is 113 Å². The maximum atomic E-state index is 12.8. The Morgan fingerprint density at radius 3 is 2.42 bits per heavy atom. The maximum Gasteiger partial charge on any atom is 0.263 e. The molecule has 0 atom stereocenters. The number of hydrogen-bond donors (Lipinski definition) is 1. The minimum atomic E-state index is -2.46. The zero-order valence-electron chi connectivity index (χ0n) is 11.5. The van der Waals surface area contributed by atoms with Gasteiger partial charge in [0, 0.05) is 44.0 Å². The Bertz CT molecular complexity index is 441. The van der Waals surface area contributed by atoms with E-state index < -0.39 is 6.43 Å². The number of likely N-dealkylation sites (N-methyl/N-ethyl adjacent to an activating group) is 1. The summed E-state index contributed by atoms with van der Waals surface area (Å²) in [6, 6.07) is 2.97. The fourth-order valence-electron chi connectivity index (χ4n) is 2.36. The summed E-state index contributed by atoms with van der Waals surface area (Å²) in [4.78, 5) is 4.56. The van der Waals surface area contributed by atoms with E-state index in [2.05, 4.69) is 16.8 Å². The first-order valence-electron chi connectivity index (χ1n) is 6.55. The summed E-state index contributed by atoms with van der Waals surface area (Å²) in [5.41, 5.74) is 8.14. The van der Waals surface area contributed by atoms with Gasteiger partial charge in [0.25, 0.3) is 6.43 Å². The summed E-state index contributed by atoms with van der Waals surface area (Å²) in [5, 5.41) is 0. The SMILES string of the molecule is Cc1c(N)cc(C(F)F)cc1CN1CCN(C)CC1. The number of hydrogen-bond acceptors (Lipinski definition) is 3. The molecular formula is C14H21F2N3. The van der Waals surface area contributed by atoms with E-state index in [1.54, 1.807) is 6.07 Å². The first kappa shape index (κ1) is 14.2. The number of benzene rings is 1. The van der Waals surface area contributed by atoms with Gasteiger partial charge in [-0.3, -0.25) is 4.90 Å². The van der Waals surface area contributed by atoms with Crippen molar-refractivity contribution in [3.8, 4) is 0 Å². The summed E-state index contributed by atoms with van der Waals surface area (Å²) in [6.45, 7) is 6.57. The van der Waals surface area contributed by atoms with E-state index in [1.165, 1.54) is 6.07 Å². The van der Waals surface area contributed by atoms with Gasteiger partial charge in [-0.15, -0.1) is 0 Å². The summed E-state index contributed by atoms with van der Waals surface area (Å²) in [7, 11) is 2.10. The van der Waals surface area contributed by atoms with E-state index in [0.717, 1.165) is 37.3 Å². The molecule has 0 aromatic heterocycles. The van der Waals surface area contributed by atoms with Crippen LogP contribution in [0.25, 0.3) is 0 Å². The first-order chi connectivity index (χ1) is 8.97. The Kier molecular flexibility index (Phi) is 4.37. The van der Waals surface area contributed by atoms with Gasteiger partial charge in [-0.05, 0) is 37.2 Å². The van der Waals surface area contributed by atoms with Crippen LogP contribution in [0, 0.1) is 6.92 Å². The number of anilines is 1. The molecule has 0 amide bonds. The minimum absolute atomic E-state index is 0.0206. The van der Waals surface area contributed by atoms with Crippen molar-refractivity contribution < 1.29 is 8.78 Å². The Morgan fingerprint density at radius 1 is 1.21 bits per heavy atom. The van der Waals surface area contributed by atoms with Gasteiger partial charge in [-0.2, -0.15) is 0 Å². The Morgan fingerprint density at radius 2 is 1.84 bits per heavy atom. The van der Waals surface area contributed by atoms with Crippen LogP contribution >= 0.6 is 0 Å². The summed E-state index contributed by atoms with van der Waals surface area (Å²) >= 11 is 0. The van der Waals surface area contributed by atoms with Crippen LogP contribution in [0.4, 0.5) is 14.5 Å². The van der Waals surface area contributed by atoms with E-state index in [4.69, 9.17) is 5.73 Å². The van der Waals surface area contributed by atoms with E-state index in [1.807, 2.05) is 6.92 Å². The lowest BCUT2D eigenvalue weighted by Crippen LogP contribution is -2.44. The number of piperazine rings is 1. The standard InChI is InChI=1S/C14H21F2N3/c1-10-12(7-11(14(15)16)8-13(10)17)9-19-5-3-18(2)4-6-19/h7-8,14H,3-6,9,17H2,1-2H3. The van der Waals surface area contributed by atoms with Crippen LogP contribution in [0.1, 0.15) is 23.1 Å². The van der Waals surface area contributed by atoms with Gasteiger partial charge in [0.05, 0.1) is 0 Å². The van der Waals surface area contributed by atoms with Crippen molar-refractivity contribution in [3.63, 3.8) is 0 Å². The molecule has 0 unspecified atom stereocenters. The zero-order chi connectivity index (χ0) is 14.0. The quantitative estimate of drug-likeness (QED) is 0.854. The molecule has 19 heavy (non-hydrogen) atoms. The van der Waals surface area contributed by atoms with Crippen molar-refractivity contribution in [1.82, 2.24) is 9.80 Å². The molecule has 1 saturated heterocycles. The number of nitrogen functional groups attached to an aromatic ring is 1. The molecule has 2 rings (SSSR count). The fraction of sp³-hybridized carbons (Fsp3) is 0.571. The molecule has 1 aromatic rings. The van der Waals surface area contributed by atoms with Crippen LogP contribution in [0.15, 0.2) is 12.1 Å². The van der Waals surface area contributed by atoms with Crippen molar-refractivity contribution >= 4 is 5.69 Å². The molecule has 2 N–H and O–H groups in total. The molecule has 0 saturated carbocycles. The molecule has 0 spiro atoms. The van der Waals surface area contributed by atoms with Gasteiger partial charge in [0.1, 0.15) is 0 Å². The molecular weight excluding hydrogens is 248 g/mol. The van der Waals surface area contributed by atoms with Crippen molar-refractivity contribution in [3.05, 3.63) is 28.8 Å². The van der Waals surface area contributed by atoms with Gasteiger partial charge in [0.15, 0.2) is 0 Å². The van der Waals surface area contributed by atoms with Gasteiger partial charge in [0.2, 0.25) is 0 Å². The molecule has 0 bridgehead atoms. The first-order valence-corrected chi connectivity index (χ1v) is 6.55. The fourth-order valence-corrected chi connectivity index (χ4v) is 2.36. The molecule has 1 aliphatic rings. The molecule has 3 nitrogen and oxygen atoms in total. The van der Waals surface area contributed by atoms with Gasteiger partial charge in [-0.1, -0.05) is 0 Å². The molecule has 1 fully saturated rings. The number of halogens is 2. The second-order valence-electron chi connectivity index (χ2n) is 5.27. The van der Waals surface area contributed by atoms with Crippen molar-refractivity contribution in [2.75, 3.05) is 39.0 Å². The van der Waals surface area contributed by atoms with Crippen LogP contribution in [0.2, 0.25) is 0 Å².